The number of fused-ring (bicyclic) bond motifs is 1. The summed E-state index contributed by atoms with van der Waals surface area (Å²) in [6, 6.07) is 12.2. The van der Waals surface area contributed by atoms with E-state index in [1.165, 1.54) is 5.56 Å². The van der Waals surface area contributed by atoms with E-state index in [0.29, 0.717) is 12.3 Å². The Kier molecular flexibility index (Phi) is 4.37. The molecule has 2 aromatic heterocycles. The number of methoxy groups -OCH3 is 1. The first kappa shape index (κ1) is 16.6. The van der Waals surface area contributed by atoms with E-state index in [-0.39, 0.29) is 5.91 Å². The standard InChI is InChI=1S/C21H23N3O2/c1-15-4-3-10-24-14-18(22-21(15)24)12-20(25)23-11-9-17(13-23)16-5-7-19(26-2)8-6-16/h3-8,10,14,17H,9,11-13H2,1-2H3/t17-/m1/s1. The molecule has 134 valence electrons. The van der Waals surface area contributed by atoms with Gasteiger partial charge in [0, 0.05) is 31.4 Å². The summed E-state index contributed by atoms with van der Waals surface area (Å²) in [5.41, 5.74) is 4.14. The van der Waals surface area contributed by atoms with Gasteiger partial charge < -0.3 is 14.0 Å². The minimum Gasteiger partial charge on any atom is -0.497 e. The molecule has 1 aliphatic rings. The Labute approximate surface area is 153 Å². The van der Waals surface area contributed by atoms with Gasteiger partial charge in [0.15, 0.2) is 0 Å². The van der Waals surface area contributed by atoms with E-state index in [1.807, 2.05) is 52.9 Å². The molecule has 1 aliphatic heterocycles. The van der Waals surface area contributed by atoms with Crippen molar-refractivity contribution in [2.75, 3.05) is 20.2 Å². The highest BCUT2D eigenvalue weighted by Crippen LogP contribution is 2.28. The predicted octanol–water partition coefficient (Wildman–Crippen LogP) is 3.21. The molecule has 1 amide bonds. The molecule has 0 radical (unpaired) electrons. The van der Waals surface area contributed by atoms with Gasteiger partial charge in [0.2, 0.25) is 5.91 Å². The van der Waals surface area contributed by atoms with Gasteiger partial charge >= 0.3 is 0 Å². The van der Waals surface area contributed by atoms with Crippen molar-refractivity contribution in [3.63, 3.8) is 0 Å². The Morgan fingerprint density at radius 2 is 2.08 bits per heavy atom. The molecule has 5 nitrogen and oxygen atoms in total. The van der Waals surface area contributed by atoms with Crippen LogP contribution in [0.5, 0.6) is 5.75 Å². The molecule has 0 unspecified atom stereocenters. The molecule has 4 rings (SSSR count). The summed E-state index contributed by atoms with van der Waals surface area (Å²) in [4.78, 5) is 19.3. The normalized spacial score (nSPS) is 17.0. The zero-order valence-electron chi connectivity index (χ0n) is 15.2. The maximum absolute atomic E-state index is 12.7. The summed E-state index contributed by atoms with van der Waals surface area (Å²) >= 11 is 0. The van der Waals surface area contributed by atoms with Crippen LogP contribution in [0.25, 0.3) is 5.65 Å². The van der Waals surface area contributed by atoms with Gasteiger partial charge in [0.05, 0.1) is 19.2 Å². The van der Waals surface area contributed by atoms with Crippen molar-refractivity contribution >= 4 is 11.6 Å². The average molecular weight is 349 g/mol. The first-order chi connectivity index (χ1) is 12.6. The molecule has 5 heteroatoms. The lowest BCUT2D eigenvalue weighted by Gasteiger charge is -2.16. The van der Waals surface area contributed by atoms with Crippen molar-refractivity contribution in [1.82, 2.24) is 14.3 Å². The van der Waals surface area contributed by atoms with E-state index < -0.39 is 0 Å². The molecule has 26 heavy (non-hydrogen) atoms. The second kappa shape index (κ2) is 6.83. The van der Waals surface area contributed by atoms with Crippen LogP contribution in [0.15, 0.2) is 48.8 Å². The van der Waals surface area contributed by atoms with Crippen LogP contribution in [-0.4, -0.2) is 40.4 Å². The van der Waals surface area contributed by atoms with Crippen LogP contribution < -0.4 is 4.74 Å². The van der Waals surface area contributed by atoms with E-state index in [1.54, 1.807) is 7.11 Å². The van der Waals surface area contributed by atoms with Gasteiger partial charge in [-0.2, -0.15) is 0 Å². The highest BCUT2D eigenvalue weighted by Gasteiger charge is 2.27. The van der Waals surface area contributed by atoms with Gasteiger partial charge in [-0.05, 0) is 42.7 Å². The van der Waals surface area contributed by atoms with Crippen molar-refractivity contribution < 1.29 is 9.53 Å². The lowest BCUT2D eigenvalue weighted by Crippen LogP contribution is -2.30. The third kappa shape index (κ3) is 3.17. The van der Waals surface area contributed by atoms with E-state index in [2.05, 4.69) is 17.1 Å². The maximum atomic E-state index is 12.7. The lowest BCUT2D eigenvalue weighted by molar-refractivity contribution is -0.129. The number of imidazole rings is 1. The molecule has 0 bridgehead atoms. The minimum absolute atomic E-state index is 0.155. The van der Waals surface area contributed by atoms with Crippen molar-refractivity contribution in [3.8, 4) is 5.75 Å². The molecule has 3 heterocycles. The van der Waals surface area contributed by atoms with Gasteiger partial charge in [-0.3, -0.25) is 4.79 Å². The summed E-state index contributed by atoms with van der Waals surface area (Å²) < 4.78 is 7.21. The number of aromatic nitrogens is 2. The van der Waals surface area contributed by atoms with Crippen molar-refractivity contribution in [1.29, 1.82) is 0 Å². The summed E-state index contributed by atoms with van der Waals surface area (Å²) in [7, 11) is 1.67. The first-order valence-electron chi connectivity index (χ1n) is 8.99. The second-order valence-electron chi connectivity index (χ2n) is 6.93. The number of nitrogens with zero attached hydrogens (tertiary/aromatic N) is 3. The second-order valence-corrected chi connectivity index (χ2v) is 6.93. The fourth-order valence-electron chi connectivity index (χ4n) is 3.69. The van der Waals surface area contributed by atoms with Gasteiger partial charge in [0.25, 0.3) is 0 Å². The van der Waals surface area contributed by atoms with Crippen LogP contribution in [-0.2, 0) is 11.2 Å². The zero-order valence-corrected chi connectivity index (χ0v) is 15.2. The monoisotopic (exact) mass is 349 g/mol. The molecule has 1 saturated heterocycles. The fraction of sp³-hybridized carbons (Fsp3) is 0.333. The van der Waals surface area contributed by atoms with E-state index in [4.69, 9.17) is 4.74 Å². The Morgan fingerprint density at radius 3 is 2.81 bits per heavy atom. The third-order valence-corrected chi connectivity index (χ3v) is 5.19. The maximum Gasteiger partial charge on any atom is 0.228 e. The number of aryl methyl sites for hydroxylation is 1. The van der Waals surface area contributed by atoms with Gasteiger partial charge in [-0.25, -0.2) is 4.98 Å². The number of rotatable bonds is 4. The van der Waals surface area contributed by atoms with Gasteiger partial charge in [-0.1, -0.05) is 18.2 Å². The van der Waals surface area contributed by atoms with Crippen LogP contribution >= 0.6 is 0 Å². The highest BCUT2D eigenvalue weighted by molar-refractivity contribution is 5.79. The lowest BCUT2D eigenvalue weighted by atomic mass is 9.98. The Hall–Kier alpha value is -2.82. The molecule has 1 atom stereocenters. The van der Waals surface area contributed by atoms with Crippen LogP contribution in [0.4, 0.5) is 0 Å². The van der Waals surface area contributed by atoms with Crippen molar-refractivity contribution in [2.45, 2.75) is 25.7 Å². The Bertz CT molecular complexity index is 930. The van der Waals surface area contributed by atoms with Crippen LogP contribution in [0.2, 0.25) is 0 Å². The Morgan fingerprint density at radius 1 is 1.27 bits per heavy atom. The number of benzene rings is 1. The zero-order chi connectivity index (χ0) is 18.1. The summed E-state index contributed by atoms with van der Waals surface area (Å²) in [5, 5.41) is 0. The topological polar surface area (TPSA) is 46.8 Å². The number of amides is 1. The molecule has 0 N–H and O–H groups in total. The van der Waals surface area contributed by atoms with E-state index in [9.17, 15) is 4.79 Å². The van der Waals surface area contributed by atoms with E-state index >= 15 is 0 Å². The number of ether oxygens (including phenoxy) is 1. The minimum atomic E-state index is 0.155. The van der Waals surface area contributed by atoms with Crippen LogP contribution in [0.3, 0.4) is 0 Å². The summed E-state index contributed by atoms with van der Waals surface area (Å²) in [6.07, 6.45) is 5.29. The van der Waals surface area contributed by atoms with Crippen molar-refractivity contribution in [2.24, 2.45) is 0 Å². The number of hydrogen-bond donors (Lipinski definition) is 0. The molecule has 0 saturated carbocycles. The fourth-order valence-corrected chi connectivity index (χ4v) is 3.69. The molecule has 0 aliphatic carbocycles. The number of hydrogen-bond acceptors (Lipinski definition) is 3. The van der Waals surface area contributed by atoms with Gasteiger partial charge in [0.1, 0.15) is 11.4 Å². The predicted molar refractivity (Wildman–Crippen MR) is 101 cm³/mol. The Balaban J connectivity index is 1.42. The summed E-state index contributed by atoms with van der Waals surface area (Å²) in [6.45, 7) is 3.62. The van der Waals surface area contributed by atoms with Crippen molar-refractivity contribution in [3.05, 3.63) is 65.6 Å². The van der Waals surface area contributed by atoms with Gasteiger partial charge in [-0.15, -0.1) is 0 Å². The van der Waals surface area contributed by atoms with Crippen LogP contribution in [0.1, 0.15) is 29.2 Å². The smallest absolute Gasteiger partial charge is 0.228 e. The molecule has 0 spiro atoms. The number of likely N-dealkylation sites (tertiary alicyclic amines) is 1. The number of pyridine rings is 1. The molecular formula is C21H23N3O2. The first-order valence-corrected chi connectivity index (χ1v) is 8.99. The SMILES string of the molecule is COc1ccc([C@@H]2CCN(C(=O)Cc3cn4cccc(C)c4n3)C2)cc1. The average Bonchev–Trinajstić information content (AvgIpc) is 3.29. The molecule has 3 aromatic rings. The third-order valence-electron chi connectivity index (χ3n) is 5.19. The van der Waals surface area contributed by atoms with Crippen LogP contribution in [0, 0.1) is 6.92 Å². The quantitative estimate of drug-likeness (QED) is 0.727. The molecule has 1 fully saturated rings. The molecular weight excluding hydrogens is 326 g/mol. The highest BCUT2D eigenvalue weighted by atomic mass is 16.5. The number of carbonyl (C=O) groups excluding carboxylic acids is 1. The van der Waals surface area contributed by atoms with E-state index in [0.717, 1.165) is 42.2 Å². The largest absolute Gasteiger partial charge is 0.497 e. The molecule has 1 aromatic carbocycles. The summed E-state index contributed by atoms with van der Waals surface area (Å²) in [5.74, 6) is 1.41. The number of carbonyl (C=O) groups is 1.